The quantitative estimate of drug-likeness (QED) is 0.647. The average molecular weight is 259 g/mol. The van der Waals surface area contributed by atoms with Gasteiger partial charge in [0.05, 0.1) is 0 Å². The summed E-state index contributed by atoms with van der Waals surface area (Å²) >= 11 is 6.08. The van der Waals surface area contributed by atoms with Crippen molar-refractivity contribution in [3.05, 3.63) is 46.0 Å². The summed E-state index contributed by atoms with van der Waals surface area (Å²) in [4.78, 5) is 12.1. The van der Waals surface area contributed by atoms with E-state index in [1.54, 1.807) is 5.57 Å². The third-order valence-electron chi connectivity index (χ3n) is 5.03. The summed E-state index contributed by atoms with van der Waals surface area (Å²) in [5.41, 5.74) is 4.25. The molecule has 2 atom stereocenters. The lowest BCUT2D eigenvalue weighted by atomic mass is 9.62. The smallest absolute Gasteiger partial charge is 0.138 e. The Labute approximate surface area is 112 Å². The van der Waals surface area contributed by atoms with Gasteiger partial charge in [-0.2, -0.15) is 0 Å². The number of fused-ring (bicyclic) bond motifs is 5. The second-order valence-electron chi connectivity index (χ2n) is 6.03. The highest BCUT2D eigenvalue weighted by Gasteiger charge is 2.51. The van der Waals surface area contributed by atoms with Gasteiger partial charge in [0.1, 0.15) is 5.78 Å². The fourth-order valence-electron chi connectivity index (χ4n) is 4.35. The molecule has 2 heteroatoms. The van der Waals surface area contributed by atoms with Crippen molar-refractivity contribution < 1.29 is 4.79 Å². The molecule has 0 radical (unpaired) electrons. The molecule has 92 valence electrons. The predicted octanol–water partition coefficient (Wildman–Crippen LogP) is 3.83. The molecule has 0 aromatic heterocycles. The molecule has 0 heterocycles. The predicted molar refractivity (Wildman–Crippen MR) is 71.9 cm³/mol. The van der Waals surface area contributed by atoms with Crippen LogP contribution in [0.2, 0.25) is 5.02 Å². The number of benzene rings is 1. The van der Waals surface area contributed by atoms with Crippen molar-refractivity contribution in [2.24, 2.45) is 5.92 Å². The van der Waals surface area contributed by atoms with Crippen LogP contribution in [0.3, 0.4) is 0 Å². The Kier molecular flexibility index (Phi) is 2.09. The van der Waals surface area contributed by atoms with E-state index >= 15 is 0 Å². The topological polar surface area (TPSA) is 17.1 Å². The Morgan fingerprint density at radius 1 is 1.28 bits per heavy atom. The number of carbonyl (C=O) groups is 1. The zero-order chi connectivity index (χ0) is 12.3. The van der Waals surface area contributed by atoms with E-state index in [0.29, 0.717) is 18.1 Å². The Bertz CT molecular complexity index is 587. The Hall–Kier alpha value is -1.08. The number of allylic oxidation sites excluding steroid dienone is 2. The molecule has 0 saturated heterocycles. The monoisotopic (exact) mass is 258 g/mol. The molecular weight excluding hydrogens is 244 g/mol. The van der Waals surface area contributed by atoms with Gasteiger partial charge in [-0.05, 0) is 48.4 Å². The van der Waals surface area contributed by atoms with Gasteiger partial charge in [0.15, 0.2) is 0 Å². The largest absolute Gasteiger partial charge is 0.299 e. The maximum atomic E-state index is 12.1. The van der Waals surface area contributed by atoms with Gasteiger partial charge < -0.3 is 0 Å². The lowest BCUT2D eigenvalue weighted by molar-refractivity contribution is -0.120. The van der Waals surface area contributed by atoms with Crippen LogP contribution in [0.25, 0.3) is 0 Å². The summed E-state index contributed by atoms with van der Waals surface area (Å²) in [6, 6.07) is 6.15. The molecule has 1 nitrogen and oxygen atoms in total. The second kappa shape index (κ2) is 3.48. The molecular formula is C16H15ClO. The molecule has 1 saturated carbocycles. The van der Waals surface area contributed by atoms with Crippen LogP contribution in [-0.2, 0) is 16.6 Å². The van der Waals surface area contributed by atoms with Gasteiger partial charge in [-0.3, -0.25) is 4.79 Å². The fraction of sp³-hybridized carbons (Fsp3) is 0.438. The minimum atomic E-state index is 0.110. The van der Waals surface area contributed by atoms with Crippen molar-refractivity contribution in [3.63, 3.8) is 0 Å². The highest BCUT2D eigenvalue weighted by molar-refractivity contribution is 6.30. The van der Waals surface area contributed by atoms with Crippen molar-refractivity contribution in [3.8, 4) is 0 Å². The molecule has 0 aliphatic heterocycles. The van der Waals surface area contributed by atoms with E-state index < -0.39 is 0 Å². The van der Waals surface area contributed by atoms with E-state index in [1.165, 1.54) is 17.5 Å². The summed E-state index contributed by atoms with van der Waals surface area (Å²) < 4.78 is 0. The van der Waals surface area contributed by atoms with Crippen molar-refractivity contribution in [1.29, 1.82) is 0 Å². The maximum Gasteiger partial charge on any atom is 0.138 e. The third kappa shape index (κ3) is 1.31. The molecule has 1 spiro atoms. The van der Waals surface area contributed by atoms with E-state index in [1.807, 2.05) is 12.1 Å². The average Bonchev–Trinajstić information content (AvgIpc) is 2.88. The third-order valence-corrected chi connectivity index (χ3v) is 5.26. The van der Waals surface area contributed by atoms with E-state index in [2.05, 4.69) is 12.1 Å². The standard InChI is InChI=1S/C16H15ClO/c17-13-3-4-15-11(6-13)7-14(18)9-16(15)8-10-1-2-12(16)5-10/h1,3-4,6,12H,2,5,7-9H2. The van der Waals surface area contributed by atoms with Crippen LogP contribution in [0.5, 0.6) is 0 Å². The van der Waals surface area contributed by atoms with E-state index in [0.717, 1.165) is 24.3 Å². The SMILES string of the molecule is O=C1Cc2cc(Cl)ccc2C2(C1)CC1=CCC2C1. The van der Waals surface area contributed by atoms with Crippen molar-refractivity contribution in [2.45, 2.75) is 37.5 Å². The number of halogens is 1. The minimum absolute atomic E-state index is 0.110. The molecule has 2 bridgehead atoms. The highest BCUT2D eigenvalue weighted by atomic mass is 35.5. The molecule has 1 aromatic carbocycles. The Morgan fingerprint density at radius 2 is 2.17 bits per heavy atom. The molecule has 0 N–H and O–H groups in total. The van der Waals surface area contributed by atoms with Gasteiger partial charge in [-0.25, -0.2) is 0 Å². The Balaban J connectivity index is 1.92. The van der Waals surface area contributed by atoms with Gasteiger partial charge in [0, 0.05) is 23.3 Å². The molecule has 3 aliphatic rings. The van der Waals surface area contributed by atoms with Crippen LogP contribution >= 0.6 is 11.6 Å². The number of ketones is 1. The first-order chi connectivity index (χ1) is 8.67. The first-order valence-electron chi connectivity index (χ1n) is 6.66. The second-order valence-corrected chi connectivity index (χ2v) is 6.46. The number of hydrogen-bond acceptors (Lipinski definition) is 1. The van der Waals surface area contributed by atoms with Crippen molar-refractivity contribution in [2.75, 3.05) is 0 Å². The highest BCUT2D eigenvalue weighted by Crippen LogP contribution is 2.58. The molecule has 1 fully saturated rings. The first kappa shape index (κ1) is 10.8. The van der Waals surface area contributed by atoms with Crippen LogP contribution in [0, 0.1) is 5.92 Å². The first-order valence-corrected chi connectivity index (χ1v) is 7.04. The van der Waals surface area contributed by atoms with Gasteiger partial charge in [0.25, 0.3) is 0 Å². The number of hydrogen-bond donors (Lipinski definition) is 0. The number of carbonyl (C=O) groups excluding carboxylic acids is 1. The van der Waals surface area contributed by atoms with Crippen LogP contribution in [-0.4, -0.2) is 5.78 Å². The fourth-order valence-corrected chi connectivity index (χ4v) is 4.54. The lowest BCUT2D eigenvalue weighted by Gasteiger charge is -2.40. The zero-order valence-corrected chi connectivity index (χ0v) is 11.0. The van der Waals surface area contributed by atoms with Gasteiger partial charge >= 0.3 is 0 Å². The van der Waals surface area contributed by atoms with E-state index in [9.17, 15) is 4.79 Å². The summed E-state index contributed by atoms with van der Waals surface area (Å²) in [6.45, 7) is 0. The molecule has 3 aliphatic carbocycles. The van der Waals surface area contributed by atoms with Crippen LogP contribution < -0.4 is 0 Å². The summed E-state index contributed by atoms with van der Waals surface area (Å²) in [5, 5.41) is 0.751. The molecule has 4 rings (SSSR count). The van der Waals surface area contributed by atoms with E-state index in [4.69, 9.17) is 11.6 Å². The van der Waals surface area contributed by atoms with E-state index in [-0.39, 0.29) is 5.41 Å². The lowest BCUT2D eigenvalue weighted by Crippen LogP contribution is -2.39. The maximum absolute atomic E-state index is 12.1. The Morgan fingerprint density at radius 3 is 2.89 bits per heavy atom. The summed E-state index contributed by atoms with van der Waals surface area (Å²) in [7, 11) is 0. The zero-order valence-electron chi connectivity index (χ0n) is 10.2. The van der Waals surface area contributed by atoms with Crippen molar-refractivity contribution in [1.82, 2.24) is 0 Å². The van der Waals surface area contributed by atoms with Crippen LogP contribution in [0.4, 0.5) is 0 Å². The normalized spacial score (nSPS) is 32.8. The molecule has 1 aromatic rings. The molecule has 2 unspecified atom stereocenters. The van der Waals surface area contributed by atoms with Gasteiger partial charge in [0.2, 0.25) is 0 Å². The van der Waals surface area contributed by atoms with Crippen LogP contribution in [0.15, 0.2) is 29.8 Å². The summed E-state index contributed by atoms with van der Waals surface area (Å²) in [6.07, 6.45) is 7.15. The van der Waals surface area contributed by atoms with Gasteiger partial charge in [-0.1, -0.05) is 29.3 Å². The summed E-state index contributed by atoms with van der Waals surface area (Å²) in [5.74, 6) is 1.04. The number of rotatable bonds is 0. The minimum Gasteiger partial charge on any atom is -0.299 e. The number of Topliss-reactive ketones (excluding diaryl/α,β-unsaturated/α-hetero) is 1. The van der Waals surface area contributed by atoms with Crippen LogP contribution in [0.1, 0.15) is 36.8 Å². The van der Waals surface area contributed by atoms with Gasteiger partial charge in [-0.15, -0.1) is 0 Å². The molecule has 18 heavy (non-hydrogen) atoms. The van der Waals surface area contributed by atoms with Crippen molar-refractivity contribution >= 4 is 17.4 Å². The molecule has 0 amide bonds.